The number of rotatable bonds is 2. The molecule has 0 radical (unpaired) electrons. The Bertz CT molecular complexity index is 878. The molecule has 2 aromatic carbocycles. The van der Waals surface area contributed by atoms with Crippen molar-refractivity contribution in [2.45, 2.75) is 17.4 Å². The zero-order valence-electron chi connectivity index (χ0n) is 11.8. The Labute approximate surface area is 127 Å². The summed E-state index contributed by atoms with van der Waals surface area (Å²) in [6.45, 7) is 0.754. The Balaban J connectivity index is 1.80. The topological polar surface area (TPSA) is 26.9 Å². The van der Waals surface area contributed by atoms with Crippen molar-refractivity contribution in [2.24, 2.45) is 7.05 Å². The van der Waals surface area contributed by atoms with Crippen LogP contribution in [0.2, 0.25) is 0 Å². The van der Waals surface area contributed by atoms with Crippen LogP contribution in [0.15, 0.2) is 58.2 Å². The van der Waals surface area contributed by atoms with Gasteiger partial charge in [0.05, 0.1) is 11.0 Å². The maximum absolute atomic E-state index is 12.5. The monoisotopic (exact) mass is 296 g/mol. The van der Waals surface area contributed by atoms with Gasteiger partial charge in [-0.15, -0.1) is 11.8 Å². The van der Waals surface area contributed by atoms with E-state index in [0.717, 1.165) is 23.3 Å². The third-order valence-electron chi connectivity index (χ3n) is 4.25. The zero-order valence-corrected chi connectivity index (χ0v) is 12.6. The highest BCUT2D eigenvalue weighted by Gasteiger charge is 2.24. The second-order valence-electron chi connectivity index (χ2n) is 5.49. The molecule has 0 fully saturated rings. The summed E-state index contributed by atoms with van der Waals surface area (Å²) in [4.78, 5) is 13.9. The summed E-state index contributed by atoms with van der Waals surface area (Å²) in [6, 6.07) is 16.5. The summed E-state index contributed by atoms with van der Waals surface area (Å²) in [6.07, 6.45) is 0. The average Bonchev–Trinajstić information content (AvgIpc) is 3.04. The molecule has 1 atom stereocenters. The maximum Gasteiger partial charge on any atom is 0.328 e. The van der Waals surface area contributed by atoms with Gasteiger partial charge in [-0.25, -0.2) is 4.79 Å². The van der Waals surface area contributed by atoms with Crippen LogP contribution in [0.25, 0.3) is 11.0 Å². The minimum Gasteiger partial charge on any atom is -0.295 e. The SMILES string of the molecule is Cn1c(=O)n(CC2CSc3ccccc32)c2ccccc21. The van der Waals surface area contributed by atoms with Gasteiger partial charge in [0.1, 0.15) is 0 Å². The fraction of sp³-hybridized carbons (Fsp3) is 0.235. The molecule has 3 aromatic rings. The average molecular weight is 296 g/mol. The van der Waals surface area contributed by atoms with E-state index < -0.39 is 0 Å². The number of fused-ring (bicyclic) bond motifs is 2. The van der Waals surface area contributed by atoms with Crippen LogP contribution in [0.3, 0.4) is 0 Å². The highest BCUT2D eigenvalue weighted by molar-refractivity contribution is 7.99. The summed E-state index contributed by atoms with van der Waals surface area (Å²) in [5.41, 5.74) is 3.48. The van der Waals surface area contributed by atoms with E-state index in [1.807, 2.05) is 47.6 Å². The number of imidazole rings is 1. The third-order valence-corrected chi connectivity index (χ3v) is 5.51. The summed E-state index contributed by atoms with van der Waals surface area (Å²) < 4.78 is 3.66. The van der Waals surface area contributed by atoms with Gasteiger partial charge in [-0.2, -0.15) is 0 Å². The van der Waals surface area contributed by atoms with Gasteiger partial charge in [0.15, 0.2) is 0 Å². The Morgan fingerprint density at radius 1 is 1.10 bits per heavy atom. The van der Waals surface area contributed by atoms with Gasteiger partial charge in [-0.1, -0.05) is 30.3 Å². The van der Waals surface area contributed by atoms with E-state index in [0.29, 0.717) is 5.92 Å². The van der Waals surface area contributed by atoms with Crippen LogP contribution in [0.5, 0.6) is 0 Å². The van der Waals surface area contributed by atoms with Crippen molar-refractivity contribution >= 4 is 22.8 Å². The third kappa shape index (κ3) is 1.94. The molecule has 0 spiro atoms. The van der Waals surface area contributed by atoms with Crippen LogP contribution in [-0.2, 0) is 13.6 Å². The van der Waals surface area contributed by atoms with E-state index in [-0.39, 0.29) is 5.69 Å². The summed E-state index contributed by atoms with van der Waals surface area (Å²) in [7, 11) is 1.85. The first-order valence-electron chi connectivity index (χ1n) is 7.11. The van der Waals surface area contributed by atoms with E-state index >= 15 is 0 Å². The van der Waals surface area contributed by atoms with Crippen molar-refractivity contribution < 1.29 is 0 Å². The van der Waals surface area contributed by atoms with E-state index in [1.165, 1.54) is 10.5 Å². The van der Waals surface area contributed by atoms with Crippen LogP contribution in [0.1, 0.15) is 11.5 Å². The van der Waals surface area contributed by atoms with Crippen molar-refractivity contribution in [2.75, 3.05) is 5.75 Å². The molecule has 4 heteroatoms. The second-order valence-corrected chi connectivity index (χ2v) is 6.55. The largest absolute Gasteiger partial charge is 0.328 e. The molecule has 0 saturated heterocycles. The molecule has 0 aliphatic carbocycles. The minimum absolute atomic E-state index is 0.0746. The smallest absolute Gasteiger partial charge is 0.295 e. The first-order chi connectivity index (χ1) is 10.3. The fourth-order valence-corrected chi connectivity index (χ4v) is 4.38. The normalized spacial score (nSPS) is 17.3. The maximum atomic E-state index is 12.5. The lowest BCUT2D eigenvalue weighted by atomic mass is 10.0. The molecule has 1 aromatic heterocycles. The van der Waals surface area contributed by atoms with Crippen LogP contribution in [0, 0.1) is 0 Å². The molecule has 0 saturated carbocycles. The Kier molecular flexibility index (Phi) is 2.93. The van der Waals surface area contributed by atoms with Crippen LogP contribution >= 0.6 is 11.8 Å². The molecule has 3 nitrogen and oxygen atoms in total. The van der Waals surface area contributed by atoms with Gasteiger partial charge in [0, 0.05) is 30.2 Å². The lowest BCUT2D eigenvalue weighted by Gasteiger charge is -2.11. The molecule has 0 amide bonds. The number of benzene rings is 2. The minimum atomic E-state index is 0.0746. The Morgan fingerprint density at radius 3 is 2.67 bits per heavy atom. The lowest BCUT2D eigenvalue weighted by Crippen LogP contribution is -2.24. The molecule has 1 aliphatic rings. The van der Waals surface area contributed by atoms with Gasteiger partial charge in [0.2, 0.25) is 0 Å². The van der Waals surface area contributed by atoms with Gasteiger partial charge in [-0.3, -0.25) is 9.13 Å². The number of hydrogen-bond donors (Lipinski definition) is 0. The van der Waals surface area contributed by atoms with Gasteiger partial charge < -0.3 is 0 Å². The first kappa shape index (κ1) is 12.8. The fourth-order valence-electron chi connectivity index (χ4n) is 3.14. The standard InChI is InChI=1S/C17H16N2OS/c1-18-14-7-3-4-8-15(14)19(17(18)20)10-12-11-21-16-9-5-2-6-13(12)16/h2-9,12H,10-11H2,1H3. The van der Waals surface area contributed by atoms with Crippen LogP contribution in [0.4, 0.5) is 0 Å². The van der Waals surface area contributed by atoms with Crippen LogP contribution < -0.4 is 5.69 Å². The summed E-state index contributed by atoms with van der Waals surface area (Å²) in [5.74, 6) is 1.46. The number of para-hydroxylation sites is 2. The molecule has 1 unspecified atom stereocenters. The molecule has 1 aliphatic heterocycles. The molecule has 4 rings (SSSR count). The molecule has 2 heterocycles. The predicted molar refractivity (Wildman–Crippen MR) is 87.1 cm³/mol. The van der Waals surface area contributed by atoms with Crippen molar-refractivity contribution in [1.82, 2.24) is 9.13 Å². The molecule has 106 valence electrons. The van der Waals surface area contributed by atoms with Gasteiger partial charge >= 0.3 is 5.69 Å². The highest BCUT2D eigenvalue weighted by Crippen LogP contribution is 2.40. The van der Waals surface area contributed by atoms with Crippen molar-refractivity contribution in [3.63, 3.8) is 0 Å². The molecule has 21 heavy (non-hydrogen) atoms. The molecular formula is C17H16N2OS. The van der Waals surface area contributed by atoms with Crippen molar-refractivity contribution in [1.29, 1.82) is 0 Å². The Morgan fingerprint density at radius 2 is 1.81 bits per heavy atom. The molecular weight excluding hydrogens is 280 g/mol. The van der Waals surface area contributed by atoms with E-state index in [9.17, 15) is 4.79 Å². The van der Waals surface area contributed by atoms with E-state index in [2.05, 4.69) is 24.3 Å². The lowest BCUT2D eigenvalue weighted by molar-refractivity contribution is 0.591. The van der Waals surface area contributed by atoms with E-state index in [4.69, 9.17) is 0 Å². The molecule has 0 N–H and O–H groups in total. The predicted octanol–water partition coefficient (Wildman–Crippen LogP) is 3.23. The number of thioether (sulfide) groups is 1. The molecule has 0 bridgehead atoms. The second kappa shape index (κ2) is 4.81. The van der Waals surface area contributed by atoms with Crippen molar-refractivity contribution in [3.05, 3.63) is 64.6 Å². The highest BCUT2D eigenvalue weighted by atomic mass is 32.2. The number of aryl methyl sites for hydroxylation is 1. The van der Waals surface area contributed by atoms with Crippen LogP contribution in [-0.4, -0.2) is 14.9 Å². The summed E-state index contributed by atoms with van der Waals surface area (Å²) in [5, 5.41) is 0. The van der Waals surface area contributed by atoms with Crippen molar-refractivity contribution in [3.8, 4) is 0 Å². The quantitative estimate of drug-likeness (QED) is 0.726. The zero-order chi connectivity index (χ0) is 14.4. The van der Waals surface area contributed by atoms with Gasteiger partial charge in [0.25, 0.3) is 0 Å². The summed E-state index contributed by atoms with van der Waals surface area (Å²) >= 11 is 1.89. The number of nitrogens with zero attached hydrogens (tertiary/aromatic N) is 2. The first-order valence-corrected chi connectivity index (χ1v) is 8.10. The van der Waals surface area contributed by atoms with E-state index in [1.54, 1.807) is 4.57 Å². The number of aromatic nitrogens is 2. The number of hydrogen-bond acceptors (Lipinski definition) is 2. The van der Waals surface area contributed by atoms with Gasteiger partial charge in [-0.05, 0) is 23.8 Å². The Hall–Kier alpha value is -1.94.